The Bertz CT molecular complexity index is 530. The quantitative estimate of drug-likeness (QED) is 0.248. The number of halogens is 1. The van der Waals surface area contributed by atoms with E-state index in [0.717, 1.165) is 18.6 Å². The van der Waals surface area contributed by atoms with Gasteiger partial charge in [0.15, 0.2) is 5.96 Å². The summed E-state index contributed by atoms with van der Waals surface area (Å²) in [6.07, 6.45) is 7.62. The molecule has 156 valence electrons. The van der Waals surface area contributed by atoms with E-state index in [0.29, 0.717) is 24.7 Å². The number of rotatable bonds is 7. The highest BCUT2D eigenvalue weighted by atomic mass is 127. The Morgan fingerprint density at radius 3 is 2.52 bits per heavy atom. The van der Waals surface area contributed by atoms with Crippen molar-refractivity contribution in [3.63, 3.8) is 0 Å². The maximum atomic E-state index is 11.9. The lowest BCUT2D eigenvalue weighted by molar-refractivity contribution is -0.145. The molecule has 2 fully saturated rings. The van der Waals surface area contributed by atoms with Gasteiger partial charge in [-0.2, -0.15) is 0 Å². The second-order valence-electron chi connectivity index (χ2n) is 7.93. The molecule has 0 aromatic rings. The van der Waals surface area contributed by atoms with Crippen molar-refractivity contribution in [2.24, 2.45) is 10.4 Å². The van der Waals surface area contributed by atoms with Gasteiger partial charge in [0.25, 0.3) is 0 Å². The maximum absolute atomic E-state index is 11.9. The summed E-state index contributed by atoms with van der Waals surface area (Å²) in [6, 6.07) is 0.352. The molecular weight excluding hydrogens is 455 g/mol. The fraction of sp³-hybridized carbons (Fsp3) is 0.800. The molecule has 1 amide bonds. The Balaban J connectivity index is 0.00000364. The Kier molecular flexibility index (Phi) is 10.1. The lowest BCUT2D eigenvalue weighted by Gasteiger charge is -2.58. The Morgan fingerprint density at radius 2 is 1.96 bits per heavy atom. The Labute approximate surface area is 181 Å². The number of likely N-dealkylation sites (N-methyl/N-ethyl adjacent to an activating group) is 1. The van der Waals surface area contributed by atoms with Gasteiger partial charge in [-0.3, -0.25) is 4.79 Å². The first kappa shape index (κ1) is 24.2. The number of aliphatic imine (C=N–C) groups is 1. The molecule has 0 bridgehead atoms. The molecule has 2 saturated carbocycles. The van der Waals surface area contributed by atoms with E-state index < -0.39 is 0 Å². The zero-order valence-corrected chi connectivity index (χ0v) is 19.7. The first-order chi connectivity index (χ1) is 12.4. The number of nitrogens with one attached hydrogen (secondary N) is 2. The molecule has 2 N–H and O–H groups in total. The molecule has 6 nitrogen and oxygen atoms in total. The van der Waals surface area contributed by atoms with Crippen LogP contribution in [0.1, 0.15) is 52.4 Å². The van der Waals surface area contributed by atoms with Gasteiger partial charge in [-0.15, -0.1) is 24.0 Å². The minimum atomic E-state index is -0.00499. The number of nitrogens with zero attached hydrogens (tertiary/aromatic N) is 2. The van der Waals surface area contributed by atoms with Crippen molar-refractivity contribution in [3.8, 4) is 0 Å². The van der Waals surface area contributed by atoms with Gasteiger partial charge in [-0.1, -0.05) is 31.4 Å². The number of amides is 1. The minimum Gasteiger partial charge on any atom is -0.378 e. The van der Waals surface area contributed by atoms with Gasteiger partial charge in [0.05, 0.1) is 6.10 Å². The Hall–Kier alpha value is -0.830. The van der Waals surface area contributed by atoms with Crippen molar-refractivity contribution in [2.45, 2.75) is 64.5 Å². The summed E-state index contributed by atoms with van der Waals surface area (Å²) < 4.78 is 6.04. The van der Waals surface area contributed by atoms with Gasteiger partial charge >= 0.3 is 0 Å². The predicted octanol–water partition coefficient (Wildman–Crippen LogP) is 2.93. The highest BCUT2D eigenvalue weighted by Crippen LogP contribution is 2.53. The van der Waals surface area contributed by atoms with Gasteiger partial charge in [-0.25, -0.2) is 4.99 Å². The molecule has 0 aromatic carbocycles. The monoisotopic (exact) mass is 492 g/mol. The normalized spacial score (nSPS) is 23.8. The van der Waals surface area contributed by atoms with Crippen molar-refractivity contribution in [1.82, 2.24) is 15.5 Å². The van der Waals surface area contributed by atoms with Crippen LogP contribution in [0.25, 0.3) is 0 Å². The van der Waals surface area contributed by atoms with Crippen molar-refractivity contribution in [3.05, 3.63) is 12.2 Å². The van der Waals surface area contributed by atoms with Crippen LogP contribution in [0.15, 0.2) is 17.1 Å². The maximum Gasteiger partial charge on any atom is 0.243 e. The second kappa shape index (κ2) is 11.2. The molecule has 2 unspecified atom stereocenters. The van der Waals surface area contributed by atoms with Crippen LogP contribution in [0.4, 0.5) is 0 Å². The van der Waals surface area contributed by atoms with E-state index in [1.165, 1.54) is 32.1 Å². The van der Waals surface area contributed by atoms with Crippen molar-refractivity contribution in [1.29, 1.82) is 0 Å². The number of guanidine groups is 1. The molecule has 0 aromatic heterocycles. The standard InChI is InChI=1S/C20H36N4O2.HI/c1-6-26-17-12-16(20(17)10-8-7-9-11-20)23-19(21-13-15(2)3)22-14-18(25)24(4)5;/h16-17H,2,6-14H2,1,3-5H3,(H2,21,22,23);1H. The van der Waals surface area contributed by atoms with E-state index in [2.05, 4.69) is 29.1 Å². The van der Waals surface area contributed by atoms with Crippen LogP contribution < -0.4 is 10.6 Å². The molecule has 2 aliphatic carbocycles. The van der Waals surface area contributed by atoms with Crippen LogP contribution in [0.3, 0.4) is 0 Å². The van der Waals surface area contributed by atoms with Gasteiger partial charge in [0, 0.05) is 38.7 Å². The first-order valence-corrected chi connectivity index (χ1v) is 9.90. The van der Waals surface area contributed by atoms with Gasteiger partial charge in [0.1, 0.15) is 6.54 Å². The molecule has 7 heteroatoms. The minimum absolute atomic E-state index is 0. The van der Waals surface area contributed by atoms with Crippen LogP contribution in [0.5, 0.6) is 0 Å². The van der Waals surface area contributed by atoms with E-state index in [-0.39, 0.29) is 41.8 Å². The SMILES string of the molecule is C=C(C)CNC(=NCC(=O)N(C)C)NC1CC(OCC)C12CCCCC2.I. The van der Waals surface area contributed by atoms with Crippen LogP contribution in [-0.2, 0) is 9.53 Å². The fourth-order valence-corrected chi connectivity index (χ4v) is 4.11. The van der Waals surface area contributed by atoms with E-state index in [9.17, 15) is 4.79 Å². The van der Waals surface area contributed by atoms with E-state index in [1.54, 1.807) is 19.0 Å². The van der Waals surface area contributed by atoms with E-state index in [4.69, 9.17) is 4.74 Å². The zero-order chi connectivity index (χ0) is 19.2. The molecule has 0 radical (unpaired) electrons. The highest BCUT2D eigenvalue weighted by molar-refractivity contribution is 14.0. The first-order valence-electron chi connectivity index (χ1n) is 9.90. The molecule has 2 atom stereocenters. The average Bonchev–Trinajstić information content (AvgIpc) is 2.62. The zero-order valence-electron chi connectivity index (χ0n) is 17.3. The fourth-order valence-electron chi connectivity index (χ4n) is 4.11. The number of ether oxygens (including phenoxy) is 1. The molecule has 27 heavy (non-hydrogen) atoms. The lowest BCUT2D eigenvalue weighted by atomic mass is 9.55. The summed E-state index contributed by atoms with van der Waals surface area (Å²) in [5.41, 5.74) is 1.25. The number of hydrogen-bond donors (Lipinski definition) is 2. The van der Waals surface area contributed by atoms with Gasteiger partial charge in [0.2, 0.25) is 5.91 Å². The topological polar surface area (TPSA) is 66.0 Å². The molecule has 1 spiro atoms. The highest BCUT2D eigenvalue weighted by Gasteiger charge is 2.55. The second-order valence-corrected chi connectivity index (χ2v) is 7.93. The van der Waals surface area contributed by atoms with Crippen molar-refractivity contribution < 1.29 is 9.53 Å². The molecule has 2 aliphatic rings. The van der Waals surface area contributed by atoms with Crippen molar-refractivity contribution >= 4 is 35.8 Å². The van der Waals surface area contributed by atoms with Crippen LogP contribution in [-0.4, -0.2) is 62.7 Å². The van der Waals surface area contributed by atoms with Crippen LogP contribution >= 0.6 is 24.0 Å². The average molecular weight is 492 g/mol. The molecule has 2 rings (SSSR count). The molecule has 0 saturated heterocycles. The number of carbonyl (C=O) groups excluding carboxylic acids is 1. The lowest BCUT2D eigenvalue weighted by Crippen LogP contribution is -2.66. The van der Waals surface area contributed by atoms with Gasteiger partial charge in [-0.05, 0) is 33.1 Å². The summed E-state index contributed by atoms with van der Waals surface area (Å²) in [7, 11) is 3.50. The van der Waals surface area contributed by atoms with E-state index in [1.807, 2.05) is 6.92 Å². The van der Waals surface area contributed by atoms with Crippen LogP contribution in [0, 0.1) is 5.41 Å². The summed E-state index contributed by atoms with van der Waals surface area (Å²) in [5, 5.41) is 6.91. The summed E-state index contributed by atoms with van der Waals surface area (Å²) >= 11 is 0. The number of carbonyl (C=O) groups is 1. The number of hydrogen-bond acceptors (Lipinski definition) is 3. The Morgan fingerprint density at radius 1 is 1.30 bits per heavy atom. The smallest absolute Gasteiger partial charge is 0.243 e. The third-order valence-electron chi connectivity index (χ3n) is 5.68. The van der Waals surface area contributed by atoms with Crippen molar-refractivity contribution in [2.75, 3.05) is 33.8 Å². The summed E-state index contributed by atoms with van der Waals surface area (Å²) in [4.78, 5) is 18.0. The molecule has 0 aliphatic heterocycles. The predicted molar refractivity (Wildman–Crippen MR) is 122 cm³/mol. The van der Waals surface area contributed by atoms with Crippen LogP contribution in [0.2, 0.25) is 0 Å². The summed E-state index contributed by atoms with van der Waals surface area (Å²) in [5.74, 6) is 0.697. The molecule has 0 heterocycles. The summed E-state index contributed by atoms with van der Waals surface area (Å²) in [6.45, 7) is 9.56. The molecular formula is C20H37IN4O2. The van der Waals surface area contributed by atoms with E-state index >= 15 is 0 Å². The third kappa shape index (κ3) is 6.34. The van der Waals surface area contributed by atoms with Gasteiger partial charge < -0.3 is 20.3 Å². The third-order valence-corrected chi connectivity index (χ3v) is 5.68. The largest absolute Gasteiger partial charge is 0.378 e.